The third-order valence-electron chi connectivity index (χ3n) is 2.95. The summed E-state index contributed by atoms with van der Waals surface area (Å²) in [6.07, 6.45) is 0.546. The molecule has 1 aromatic rings. The molecule has 0 saturated heterocycles. The van der Waals surface area contributed by atoms with Crippen molar-refractivity contribution in [2.45, 2.75) is 38.6 Å². The molecule has 0 aliphatic rings. The summed E-state index contributed by atoms with van der Waals surface area (Å²) >= 11 is 0. The molecule has 1 aromatic carbocycles. The molecule has 0 aliphatic carbocycles. The number of amides is 1. The number of nitrogens with two attached hydrogens (primary N) is 1. The molecule has 0 saturated carbocycles. The van der Waals surface area contributed by atoms with Crippen molar-refractivity contribution in [2.75, 3.05) is 14.1 Å². The molecular weight excluding hydrogens is 238 g/mol. The number of nitrogens with one attached hydrogen (secondary N) is 1. The number of hydrazine groups is 1. The van der Waals surface area contributed by atoms with E-state index in [9.17, 15) is 4.79 Å². The van der Waals surface area contributed by atoms with E-state index in [1.54, 1.807) is 19.1 Å². The highest BCUT2D eigenvalue weighted by atomic mass is 16.2. The monoisotopic (exact) mass is 263 g/mol. The Morgan fingerprint density at radius 2 is 1.79 bits per heavy atom. The molecule has 3 N–H and O–H groups in total. The van der Waals surface area contributed by atoms with Gasteiger partial charge >= 0.3 is 0 Å². The van der Waals surface area contributed by atoms with Crippen LogP contribution in [0.15, 0.2) is 24.3 Å². The molecule has 4 nitrogen and oxygen atoms in total. The van der Waals surface area contributed by atoms with Crippen LogP contribution in [0.1, 0.15) is 31.9 Å². The zero-order chi connectivity index (χ0) is 14.6. The highest BCUT2D eigenvalue weighted by molar-refractivity contribution is 5.81. The van der Waals surface area contributed by atoms with Gasteiger partial charge in [0.15, 0.2) is 0 Å². The topological polar surface area (TPSA) is 58.4 Å². The van der Waals surface area contributed by atoms with Crippen molar-refractivity contribution in [1.82, 2.24) is 10.4 Å². The van der Waals surface area contributed by atoms with Crippen LogP contribution >= 0.6 is 0 Å². The van der Waals surface area contributed by atoms with Crippen molar-refractivity contribution in [3.63, 3.8) is 0 Å². The summed E-state index contributed by atoms with van der Waals surface area (Å²) in [4.78, 5) is 11.7. The summed E-state index contributed by atoms with van der Waals surface area (Å²) in [5.74, 6) is -0.162. The third kappa shape index (κ3) is 5.01. The zero-order valence-corrected chi connectivity index (χ0v) is 12.5. The van der Waals surface area contributed by atoms with Crippen molar-refractivity contribution in [3.8, 4) is 0 Å². The number of hydrogen-bond acceptors (Lipinski definition) is 3. The molecular formula is C15H25N3O. The fourth-order valence-electron chi connectivity index (χ4n) is 1.79. The van der Waals surface area contributed by atoms with Gasteiger partial charge in [-0.1, -0.05) is 45.0 Å². The van der Waals surface area contributed by atoms with Crippen molar-refractivity contribution in [2.24, 2.45) is 5.73 Å². The lowest BCUT2D eigenvalue weighted by atomic mass is 9.86. The first-order chi connectivity index (χ1) is 8.70. The van der Waals surface area contributed by atoms with E-state index < -0.39 is 6.04 Å². The quantitative estimate of drug-likeness (QED) is 0.808. The molecule has 0 aromatic heterocycles. The van der Waals surface area contributed by atoms with Crippen molar-refractivity contribution >= 4 is 5.91 Å². The first kappa shape index (κ1) is 15.7. The predicted molar refractivity (Wildman–Crippen MR) is 78.7 cm³/mol. The Kier molecular flexibility index (Phi) is 5.09. The Bertz CT molecular complexity index is 418. The van der Waals surface area contributed by atoms with Gasteiger partial charge in [0, 0.05) is 14.1 Å². The van der Waals surface area contributed by atoms with E-state index in [1.165, 1.54) is 5.56 Å². The standard InChI is InChI=1S/C15H25N3O/c1-15(2,3)12-8-6-11(7-9-12)10-13(16)14(19)17-18(4)5/h6-9,13H,10,16H2,1-5H3,(H,17,19). The molecule has 106 valence electrons. The minimum absolute atomic E-state index is 0.142. The second-order valence-corrected chi connectivity index (χ2v) is 6.13. The normalized spacial score (nSPS) is 13.4. The third-order valence-corrected chi connectivity index (χ3v) is 2.95. The lowest BCUT2D eigenvalue weighted by molar-refractivity contribution is -0.126. The summed E-state index contributed by atoms with van der Waals surface area (Å²) in [5, 5.41) is 1.60. The Hall–Kier alpha value is -1.39. The second-order valence-electron chi connectivity index (χ2n) is 6.13. The predicted octanol–water partition coefficient (Wildman–Crippen LogP) is 1.45. The van der Waals surface area contributed by atoms with Crippen LogP contribution in [-0.4, -0.2) is 31.1 Å². The summed E-state index contributed by atoms with van der Waals surface area (Å²) in [6.45, 7) is 6.54. The minimum atomic E-state index is -0.525. The van der Waals surface area contributed by atoms with Gasteiger partial charge in [0.05, 0.1) is 6.04 Å². The first-order valence-electron chi connectivity index (χ1n) is 6.53. The summed E-state index contributed by atoms with van der Waals surface area (Å²) in [7, 11) is 3.53. The molecule has 0 spiro atoms. The molecule has 0 radical (unpaired) electrons. The Morgan fingerprint density at radius 3 is 2.21 bits per heavy atom. The smallest absolute Gasteiger partial charge is 0.251 e. The van der Waals surface area contributed by atoms with Crippen molar-refractivity contribution in [3.05, 3.63) is 35.4 Å². The summed E-state index contributed by atoms with van der Waals surface area (Å²) in [5.41, 5.74) is 11.1. The molecule has 1 amide bonds. The SMILES string of the molecule is CN(C)NC(=O)C(N)Cc1ccc(C(C)(C)C)cc1. The minimum Gasteiger partial charge on any atom is -0.320 e. The average Bonchev–Trinajstić information content (AvgIpc) is 2.27. The number of carbonyl (C=O) groups excluding carboxylic acids is 1. The number of hydrogen-bond donors (Lipinski definition) is 2. The van der Waals surface area contributed by atoms with Crippen LogP contribution in [0.25, 0.3) is 0 Å². The molecule has 0 aliphatic heterocycles. The van der Waals surface area contributed by atoms with E-state index in [0.29, 0.717) is 6.42 Å². The number of nitrogens with zero attached hydrogens (tertiary/aromatic N) is 1. The summed E-state index contributed by atoms with van der Waals surface area (Å²) < 4.78 is 0. The lowest BCUT2D eigenvalue weighted by Gasteiger charge is -2.20. The fourth-order valence-corrected chi connectivity index (χ4v) is 1.79. The maximum absolute atomic E-state index is 11.7. The maximum atomic E-state index is 11.7. The van der Waals surface area contributed by atoms with Crippen molar-refractivity contribution in [1.29, 1.82) is 0 Å². The maximum Gasteiger partial charge on any atom is 0.251 e. The number of carbonyl (C=O) groups is 1. The van der Waals surface area contributed by atoms with Gasteiger partial charge < -0.3 is 5.73 Å². The van der Waals surface area contributed by atoms with Gasteiger partial charge in [-0.25, -0.2) is 5.01 Å². The molecule has 1 unspecified atom stereocenters. The van der Waals surface area contributed by atoms with Gasteiger partial charge in [0.2, 0.25) is 0 Å². The van der Waals surface area contributed by atoms with E-state index in [0.717, 1.165) is 5.56 Å². The van der Waals surface area contributed by atoms with Gasteiger partial charge in [0.25, 0.3) is 5.91 Å². The molecule has 1 atom stereocenters. The van der Waals surface area contributed by atoms with Gasteiger partial charge in [0.1, 0.15) is 0 Å². The number of benzene rings is 1. The van der Waals surface area contributed by atoms with Gasteiger partial charge in [-0.2, -0.15) is 0 Å². The highest BCUT2D eigenvalue weighted by Crippen LogP contribution is 2.22. The zero-order valence-electron chi connectivity index (χ0n) is 12.5. The Morgan fingerprint density at radius 1 is 1.26 bits per heavy atom. The molecule has 0 fully saturated rings. The van der Waals surface area contributed by atoms with Crippen LogP contribution in [0.4, 0.5) is 0 Å². The van der Waals surface area contributed by atoms with Crippen LogP contribution in [-0.2, 0) is 16.6 Å². The van der Waals surface area contributed by atoms with Crippen LogP contribution in [0.2, 0.25) is 0 Å². The second kappa shape index (κ2) is 6.17. The molecule has 19 heavy (non-hydrogen) atoms. The van der Waals surface area contributed by atoms with E-state index in [2.05, 4.69) is 38.3 Å². The molecule has 1 rings (SSSR count). The van der Waals surface area contributed by atoms with Crippen LogP contribution in [0.5, 0.6) is 0 Å². The number of rotatable bonds is 4. The van der Waals surface area contributed by atoms with Gasteiger partial charge in [-0.05, 0) is 23.0 Å². The molecule has 0 bridgehead atoms. The van der Waals surface area contributed by atoms with Crippen LogP contribution in [0.3, 0.4) is 0 Å². The largest absolute Gasteiger partial charge is 0.320 e. The lowest BCUT2D eigenvalue weighted by Crippen LogP contribution is -2.47. The Balaban J connectivity index is 2.65. The average molecular weight is 263 g/mol. The Labute approximate surface area is 115 Å². The molecule has 4 heteroatoms. The highest BCUT2D eigenvalue weighted by Gasteiger charge is 2.16. The van der Waals surface area contributed by atoms with E-state index >= 15 is 0 Å². The van der Waals surface area contributed by atoms with E-state index in [1.807, 2.05) is 12.1 Å². The van der Waals surface area contributed by atoms with E-state index in [4.69, 9.17) is 5.73 Å². The van der Waals surface area contributed by atoms with E-state index in [-0.39, 0.29) is 11.3 Å². The van der Waals surface area contributed by atoms with Gasteiger partial charge in [-0.3, -0.25) is 10.2 Å². The molecule has 0 heterocycles. The van der Waals surface area contributed by atoms with Crippen LogP contribution in [0, 0.1) is 0 Å². The first-order valence-corrected chi connectivity index (χ1v) is 6.53. The van der Waals surface area contributed by atoms with Crippen LogP contribution < -0.4 is 11.2 Å². The van der Waals surface area contributed by atoms with Gasteiger partial charge in [-0.15, -0.1) is 0 Å². The van der Waals surface area contributed by atoms with Crippen molar-refractivity contribution < 1.29 is 4.79 Å². The summed E-state index contributed by atoms with van der Waals surface area (Å²) in [6, 6.07) is 7.77. The fraction of sp³-hybridized carbons (Fsp3) is 0.533.